The van der Waals surface area contributed by atoms with Crippen molar-refractivity contribution in [2.75, 3.05) is 40.3 Å². The molecule has 0 atom stereocenters. The molecule has 1 amide bonds. The number of aryl methyl sites for hydroxylation is 2. The second kappa shape index (κ2) is 14.0. The van der Waals surface area contributed by atoms with Gasteiger partial charge in [0.2, 0.25) is 0 Å². The van der Waals surface area contributed by atoms with E-state index < -0.39 is 0 Å². The van der Waals surface area contributed by atoms with Crippen molar-refractivity contribution in [2.24, 2.45) is 0 Å². The maximum absolute atomic E-state index is 12.9. The first kappa shape index (κ1) is 29.9. The number of anilines is 1. The van der Waals surface area contributed by atoms with E-state index in [-0.39, 0.29) is 5.91 Å². The first-order chi connectivity index (χ1) is 19.8. The monoisotopic (exact) mass is 575 g/mol. The lowest BCUT2D eigenvalue weighted by Gasteiger charge is -2.23. The molecule has 9 heteroatoms. The number of amides is 1. The highest BCUT2D eigenvalue weighted by molar-refractivity contribution is 7.09. The summed E-state index contributed by atoms with van der Waals surface area (Å²) in [5, 5.41) is 5.63. The number of aromatic nitrogens is 1. The van der Waals surface area contributed by atoms with Crippen LogP contribution < -0.4 is 24.3 Å². The Morgan fingerprint density at radius 2 is 1.61 bits per heavy atom. The number of nitrogens with one attached hydrogen (secondary N) is 1. The number of ether oxygens (including phenoxy) is 4. The van der Waals surface area contributed by atoms with E-state index in [1.807, 2.05) is 73.8 Å². The number of rotatable bonds is 13. The lowest BCUT2D eigenvalue weighted by molar-refractivity contribution is 0.102. The van der Waals surface area contributed by atoms with E-state index in [4.69, 9.17) is 18.9 Å². The first-order valence-corrected chi connectivity index (χ1v) is 14.2. The molecule has 0 radical (unpaired) electrons. The van der Waals surface area contributed by atoms with E-state index in [9.17, 15) is 4.79 Å². The molecule has 3 aromatic carbocycles. The van der Waals surface area contributed by atoms with Crippen molar-refractivity contribution in [2.45, 2.75) is 33.4 Å². The molecule has 0 spiro atoms. The second-order valence-electron chi connectivity index (χ2n) is 9.71. The summed E-state index contributed by atoms with van der Waals surface area (Å²) in [6.45, 7) is 6.02. The molecule has 0 saturated carbocycles. The van der Waals surface area contributed by atoms with Crippen LogP contribution in [0.5, 0.6) is 23.0 Å². The normalized spacial score (nSPS) is 10.9. The number of hydrogen-bond donors (Lipinski definition) is 1. The quantitative estimate of drug-likeness (QED) is 0.201. The Morgan fingerprint density at radius 3 is 2.32 bits per heavy atom. The van der Waals surface area contributed by atoms with Crippen LogP contribution in [-0.4, -0.2) is 50.8 Å². The van der Waals surface area contributed by atoms with Crippen LogP contribution in [-0.2, 0) is 19.5 Å². The van der Waals surface area contributed by atoms with Gasteiger partial charge in [-0.1, -0.05) is 18.2 Å². The van der Waals surface area contributed by atoms with Gasteiger partial charge in [0.1, 0.15) is 22.2 Å². The van der Waals surface area contributed by atoms with E-state index in [0.29, 0.717) is 30.3 Å². The van der Waals surface area contributed by atoms with Crippen molar-refractivity contribution in [1.82, 2.24) is 9.88 Å². The summed E-state index contributed by atoms with van der Waals surface area (Å²) in [4.78, 5) is 19.9. The van der Waals surface area contributed by atoms with Gasteiger partial charge < -0.3 is 24.3 Å². The van der Waals surface area contributed by atoms with Gasteiger partial charge >= 0.3 is 0 Å². The Balaban J connectivity index is 1.52. The average Bonchev–Trinajstić information content (AvgIpc) is 3.46. The fraction of sp³-hybridized carbons (Fsp3) is 0.312. The topological polar surface area (TPSA) is 82.2 Å². The highest BCUT2D eigenvalue weighted by Crippen LogP contribution is 2.29. The molecule has 0 aliphatic heterocycles. The fourth-order valence-corrected chi connectivity index (χ4v) is 5.27. The molecule has 8 nitrogen and oxygen atoms in total. The zero-order chi connectivity index (χ0) is 29.4. The van der Waals surface area contributed by atoms with Crippen LogP contribution in [0.25, 0.3) is 0 Å². The molecule has 216 valence electrons. The molecule has 0 bridgehead atoms. The van der Waals surface area contributed by atoms with Gasteiger partial charge in [-0.2, -0.15) is 0 Å². The summed E-state index contributed by atoms with van der Waals surface area (Å²) >= 11 is 1.48. The average molecular weight is 576 g/mol. The largest absolute Gasteiger partial charge is 0.497 e. The van der Waals surface area contributed by atoms with Crippen LogP contribution in [0, 0.1) is 13.8 Å². The minimum Gasteiger partial charge on any atom is -0.497 e. The maximum atomic E-state index is 12.9. The molecule has 4 rings (SSSR count). The van der Waals surface area contributed by atoms with Crippen molar-refractivity contribution in [3.63, 3.8) is 0 Å². The van der Waals surface area contributed by atoms with Crippen LogP contribution in [0.1, 0.15) is 37.7 Å². The molecular formula is C32H37N3O5S. The smallest absolute Gasteiger partial charge is 0.275 e. The molecular weight excluding hydrogens is 538 g/mol. The summed E-state index contributed by atoms with van der Waals surface area (Å²) in [6, 6.07) is 17.7. The molecule has 41 heavy (non-hydrogen) atoms. The van der Waals surface area contributed by atoms with Crippen LogP contribution in [0.2, 0.25) is 0 Å². The number of benzene rings is 3. The van der Waals surface area contributed by atoms with E-state index in [2.05, 4.69) is 15.2 Å². The van der Waals surface area contributed by atoms with Gasteiger partial charge in [-0.15, -0.1) is 11.3 Å². The van der Waals surface area contributed by atoms with Gasteiger partial charge in [0.15, 0.2) is 11.5 Å². The van der Waals surface area contributed by atoms with Crippen LogP contribution in [0.4, 0.5) is 5.69 Å². The van der Waals surface area contributed by atoms with Crippen molar-refractivity contribution in [3.8, 4) is 23.0 Å². The molecule has 0 saturated heterocycles. The minimum absolute atomic E-state index is 0.218. The van der Waals surface area contributed by atoms with Gasteiger partial charge in [-0.3, -0.25) is 9.69 Å². The number of methoxy groups -OCH3 is 4. The summed E-state index contributed by atoms with van der Waals surface area (Å²) in [5.74, 6) is 2.68. The van der Waals surface area contributed by atoms with Crippen molar-refractivity contribution < 1.29 is 23.7 Å². The molecule has 1 aromatic heterocycles. The molecule has 4 aromatic rings. The third kappa shape index (κ3) is 7.77. The number of carbonyl (C=O) groups excluding carboxylic acids is 1. The minimum atomic E-state index is -0.218. The lowest BCUT2D eigenvalue weighted by Crippen LogP contribution is -2.26. The number of carbonyl (C=O) groups is 1. The Labute approximate surface area is 245 Å². The standard InChI is InChI=1S/C32H37N3O5S/c1-21-7-10-25(15-22(21)2)33-32(36)27-20-41-31(34-27)19-35(18-24-9-11-26(37-3)17-29(24)39-5)14-13-23-8-12-28(38-4)30(16-23)40-6/h7-12,15-17,20H,13-14,18-19H2,1-6H3,(H,33,36). The third-order valence-corrected chi connectivity index (χ3v) is 7.79. The third-order valence-electron chi connectivity index (χ3n) is 6.96. The summed E-state index contributed by atoms with van der Waals surface area (Å²) < 4.78 is 21.9. The van der Waals surface area contributed by atoms with E-state index in [1.54, 1.807) is 28.4 Å². The van der Waals surface area contributed by atoms with Gasteiger partial charge in [-0.25, -0.2) is 4.98 Å². The zero-order valence-corrected chi connectivity index (χ0v) is 25.3. The molecule has 1 N–H and O–H groups in total. The van der Waals surface area contributed by atoms with Crippen molar-refractivity contribution in [1.29, 1.82) is 0 Å². The van der Waals surface area contributed by atoms with Crippen molar-refractivity contribution in [3.05, 3.63) is 92.9 Å². The van der Waals surface area contributed by atoms with Crippen LogP contribution >= 0.6 is 11.3 Å². The highest BCUT2D eigenvalue weighted by atomic mass is 32.1. The Hall–Kier alpha value is -4.08. The maximum Gasteiger partial charge on any atom is 0.275 e. The van der Waals surface area contributed by atoms with Gasteiger partial charge in [0.25, 0.3) is 5.91 Å². The molecule has 1 heterocycles. The number of hydrogen-bond acceptors (Lipinski definition) is 8. The van der Waals surface area contributed by atoms with E-state index in [1.165, 1.54) is 16.9 Å². The first-order valence-electron chi connectivity index (χ1n) is 13.3. The summed E-state index contributed by atoms with van der Waals surface area (Å²) in [6.07, 6.45) is 0.782. The molecule has 0 aliphatic rings. The number of nitrogens with zero attached hydrogens (tertiary/aromatic N) is 2. The molecule has 0 fully saturated rings. The Kier molecular flexibility index (Phi) is 10.2. The Bertz CT molecular complexity index is 1490. The number of thiazole rings is 1. The zero-order valence-electron chi connectivity index (χ0n) is 24.4. The highest BCUT2D eigenvalue weighted by Gasteiger charge is 2.17. The Morgan fingerprint density at radius 1 is 0.829 bits per heavy atom. The van der Waals surface area contributed by atoms with E-state index in [0.717, 1.165) is 51.8 Å². The predicted octanol–water partition coefficient (Wildman–Crippen LogP) is 6.29. The lowest BCUT2D eigenvalue weighted by atomic mass is 10.1. The SMILES string of the molecule is COc1ccc(CN(CCc2ccc(OC)c(OC)c2)Cc2nc(C(=O)Nc3ccc(C)c(C)c3)cs2)c(OC)c1. The summed E-state index contributed by atoms with van der Waals surface area (Å²) in [5.41, 5.74) is 5.63. The molecule has 0 aliphatic carbocycles. The summed E-state index contributed by atoms with van der Waals surface area (Å²) in [7, 11) is 6.57. The van der Waals surface area contributed by atoms with Gasteiger partial charge in [0, 0.05) is 35.8 Å². The van der Waals surface area contributed by atoms with E-state index >= 15 is 0 Å². The second-order valence-corrected chi connectivity index (χ2v) is 10.7. The van der Waals surface area contributed by atoms with Crippen LogP contribution in [0.3, 0.4) is 0 Å². The fourth-order valence-electron chi connectivity index (χ4n) is 4.45. The van der Waals surface area contributed by atoms with Crippen molar-refractivity contribution >= 4 is 22.9 Å². The molecule has 0 unspecified atom stereocenters. The van der Waals surface area contributed by atoms with Gasteiger partial charge in [0.05, 0.1) is 35.0 Å². The van der Waals surface area contributed by atoms with Crippen LogP contribution in [0.15, 0.2) is 60.0 Å². The predicted molar refractivity (Wildman–Crippen MR) is 163 cm³/mol. The van der Waals surface area contributed by atoms with Gasteiger partial charge in [-0.05, 0) is 67.3 Å².